The average Bonchev–Trinajstić information content (AvgIpc) is 2.69. The van der Waals surface area contributed by atoms with Crippen molar-refractivity contribution in [3.63, 3.8) is 0 Å². The minimum absolute atomic E-state index is 0.187. The van der Waals surface area contributed by atoms with E-state index in [1.165, 1.54) is 0 Å². The van der Waals surface area contributed by atoms with Crippen molar-refractivity contribution in [1.82, 2.24) is 0 Å². The molecular formula is C21H15O6Sb. The third-order valence-electron chi connectivity index (χ3n) is 4.12. The summed E-state index contributed by atoms with van der Waals surface area (Å²) in [6.07, 6.45) is 0. The van der Waals surface area contributed by atoms with E-state index in [1.807, 2.05) is 0 Å². The standard InChI is InChI=1S/3C7H5O2.Sb/c3*8-7(9)6-4-2-1-3-5-6;/h3*2-5H,(H,8,9);. The molecule has 3 N–H and O–H groups in total. The van der Waals surface area contributed by atoms with E-state index >= 15 is 0 Å². The molecule has 0 fully saturated rings. The van der Waals surface area contributed by atoms with Gasteiger partial charge in [0.1, 0.15) is 0 Å². The molecule has 0 radical (unpaired) electrons. The van der Waals surface area contributed by atoms with E-state index in [-0.39, 0.29) is 16.7 Å². The van der Waals surface area contributed by atoms with Crippen LogP contribution in [0.4, 0.5) is 0 Å². The molecule has 6 nitrogen and oxygen atoms in total. The Balaban J connectivity index is 2.08. The van der Waals surface area contributed by atoms with Crippen LogP contribution in [0.25, 0.3) is 0 Å². The first-order valence-electron chi connectivity index (χ1n) is 8.17. The fraction of sp³-hybridized carbons (Fsp3) is 0. The van der Waals surface area contributed by atoms with E-state index in [0.29, 0.717) is 0 Å². The Labute approximate surface area is 167 Å². The van der Waals surface area contributed by atoms with Gasteiger partial charge in [-0.05, 0) is 0 Å². The normalized spacial score (nSPS) is 10.6. The second-order valence-electron chi connectivity index (χ2n) is 5.89. The molecule has 0 aliphatic carbocycles. The molecule has 0 amide bonds. The van der Waals surface area contributed by atoms with Gasteiger partial charge in [0, 0.05) is 0 Å². The van der Waals surface area contributed by atoms with Gasteiger partial charge in [0.25, 0.3) is 0 Å². The van der Waals surface area contributed by atoms with Gasteiger partial charge in [-0.2, -0.15) is 0 Å². The van der Waals surface area contributed by atoms with E-state index in [1.54, 1.807) is 72.8 Å². The molecule has 0 spiro atoms. The van der Waals surface area contributed by atoms with Crippen molar-refractivity contribution in [3.05, 3.63) is 89.5 Å². The molecular weight excluding hydrogens is 470 g/mol. The maximum atomic E-state index is 11.1. The molecule has 0 heterocycles. The first-order chi connectivity index (χ1) is 13.4. The van der Waals surface area contributed by atoms with Crippen molar-refractivity contribution >= 4 is 48.6 Å². The molecule has 0 saturated heterocycles. The zero-order valence-electron chi connectivity index (χ0n) is 14.4. The third kappa shape index (κ3) is 4.23. The summed E-state index contributed by atoms with van der Waals surface area (Å²) in [5.41, 5.74) is 0.560. The molecule has 0 aliphatic rings. The van der Waals surface area contributed by atoms with Crippen LogP contribution in [0, 0.1) is 0 Å². The summed E-state index contributed by atoms with van der Waals surface area (Å²) in [5, 5.41) is 27.4. The zero-order valence-corrected chi connectivity index (χ0v) is 17.0. The molecule has 0 saturated carbocycles. The van der Waals surface area contributed by atoms with Gasteiger partial charge in [-0.1, -0.05) is 0 Å². The summed E-state index contributed by atoms with van der Waals surface area (Å²) in [5.74, 6) is -3.02. The number of hydrogen-bond donors (Lipinski definition) is 3. The summed E-state index contributed by atoms with van der Waals surface area (Å²) >= 11 is -2.60. The van der Waals surface area contributed by atoms with Crippen LogP contribution in [0.5, 0.6) is 0 Å². The summed E-state index contributed by atoms with van der Waals surface area (Å²) in [4.78, 5) is 33.4. The topological polar surface area (TPSA) is 112 Å². The average molecular weight is 485 g/mol. The number of rotatable bonds is 6. The van der Waals surface area contributed by atoms with Crippen molar-refractivity contribution in [3.8, 4) is 0 Å². The Morgan fingerprint density at radius 2 is 0.679 bits per heavy atom. The fourth-order valence-corrected chi connectivity index (χ4v) is 9.09. The molecule has 0 atom stereocenters. The number of carboxylic acid groups (broad SMARTS) is 3. The van der Waals surface area contributed by atoms with Gasteiger partial charge in [-0.25, -0.2) is 0 Å². The van der Waals surface area contributed by atoms with Gasteiger partial charge >= 0.3 is 168 Å². The summed E-state index contributed by atoms with van der Waals surface area (Å²) in [6, 6.07) is 20.0. The molecule has 3 aromatic rings. The number of benzene rings is 3. The molecule has 0 bridgehead atoms. The van der Waals surface area contributed by atoms with Crippen molar-refractivity contribution < 1.29 is 29.7 Å². The second-order valence-corrected chi connectivity index (χ2v) is 12.2. The predicted octanol–water partition coefficient (Wildman–Crippen LogP) is 1.30. The number of carboxylic acids is 3. The molecule has 0 aliphatic heterocycles. The predicted molar refractivity (Wildman–Crippen MR) is 105 cm³/mol. The maximum absolute atomic E-state index is 11.1. The van der Waals surface area contributed by atoms with Crippen LogP contribution >= 0.6 is 0 Å². The Kier molecular flexibility index (Phi) is 5.81. The summed E-state index contributed by atoms with van der Waals surface area (Å²) < 4.78 is 2.96. The molecule has 0 unspecified atom stereocenters. The van der Waals surface area contributed by atoms with E-state index < -0.39 is 38.1 Å². The zero-order chi connectivity index (χ0) is 20.3. The van der Waals surface area contributed by atoms with Gasteiger partial charge < -0.3 is 0 Å². The third-order valence-corrected chi connectivity index (χ3v) is 11.1. The van der Waals surface area contributed by atoms with E-state index in [9.17, 15) is 14.4 Å². The van der Waals surface area contributed by atoms with Crippen LogP contribution in [0.3, 0.4) is 0 Å². The fourth-order valence-electron chi connectivity index (χ4n) is 2.71. The van der Waals surface area contributed by atoms with Crippen LogP contribution in [-0.2, 0) is 0 Å². The van der Waals surface area contributed by atoms with Crippen LogP contribution in [0.2, 0.25) is 0 Å². The Bertz CT molecular complexity index is 887. The monoisotopic (exact) mass is 484 g/mol. The van der Waals surface area contributed by atoms with Crippen LogP contribution in [0.15, 0.2) is 72.8 Å². The van der Waals surface area contributed by atoms with Gasteiger partial charge in [-0.3, -0.25) is 0 Å². The first kappa shape index (κ1) is 19.6. The van der Waals surface area contributed by atoms with E-state index in [2.05, 4.69) is 0 Å². The summed E-state index contributed by atoms with van der Waals surface area (Å²) in [7, 11) is 0. The molecule has 3 aromatic carbocycles. The number of carbonyl (C=O) groups is 3. The van der Waals surface area contributed by atoms with Crippen LogP contribution in [0.1, 0.15) is 31.1 Å². The quantitative estimate of drug-likeness (QED) is 0.454. The summed E-state index contributed by atoms with van der Waals surface area (Å²) in [6.45, 7) is 0. The van der Waals surface area contributed by atoms with Crippen molar-refractivity contribution in [2.45, 2.75) is 0 Å². The second kappa shape index (κ2) is 8.28. The first-order valence-corrected chi connectivity index (χ1v) is 12.0. The van der Waals surface area contributed by atoms with Crippen molar-refractivity contribution in [1.29, 1.82) is 0 Å². The van der Waals surface area contributed by atoms with Crippen molar-refractivity contribution in [2.24, 2.45) is 0 Å². The Morgan fingerprint density at radius 1 is 0.464 bits per heavy atom. The van der Waals surface area contributed by atoms with E-state index in [4.69, 9.17) is 15.3 Å². The van der Waals surface area contributed by atoms with Gasteiger partial charge in [0.2, 0.25) is 0 Å². The number of hydrogen-bond acceptors (Lipinski definition) is 3. The minimum atomic E-state index is -2.60. The number of aromatic carboxylic acids is 3. The SMILES string of the molecule is O=C(O)c1cc[c]([Sb]([c]2ccc(C(=O)O)cc2)[c]2ccc(C(=O)O)cc2)cc1. The molecule has 140 valence electrons. The molecule has 7 heteroatoms. The van der Waals surface area contributed by atoms with E-state index in [0.717, 1.165) is 10.5 Å². The molecule has 0 aromatic heterocycles. The van der Waals surface area contributed by atoms with Gasteiger partial charge in [-0.15, -0.1) is 0 Å². The van der Waals surface area contributed by atoms with Crippen LogP contribution < -0.4 is 10.5 Å². The van der Waals surface area contributed by atoms with Crippen LogP contribution in [-0.4, -0.2) is 53.4 Å². The Hall–Kier alpha value is -3.11. The van der Waals surface area contributed by atoms with Gasteiger partial charge in [0.05, 0.1) is 0 Å². The molecule has 3 rings (SSSR count). The van der Waals surface area contributed by atoms with Gasteiger partial charge in [0.15, 0.2) is 0 Å². The van der Waals surface area contributed by atoms with Crippen molar-refractivity contribution in [2.75, 3.05) is 0 Å². The molecule has 28 heavy (non-hydrogen) atoms. The Morgan fingerprint density at radius 3 is 0.857 bits per heavy atom.